The van der Waals surface area contributed by atoms with Crippen LogP contribution >= 0.6 is 0 Å². The Hall–Kier alpha value is -1.75. The molecule has 1 aromatic carbocycles. The lowest BCUT2D eigenvalue weighted by molar-refractivity contribution is 0.100. The van der Waals surface area contributed by atoms with Gasteiger partial charge in [0.1, 0.15) is 0 Å². The molecule has 1 fully saturated rings. The first-order valence-electron chi connectivity index (χ1n) is 6.64. The van der Waals surface area contributed by atoms with Gasteiger partial charge in [0.2, 0.25) is 0 Å². The van der Waals surface area contributed by atoms with E-state index in [1.165, 1.54) is 12.8 Å². The number of anilines is 2. The molecule has 5 heteroatoms. The van der Waals surface area contributed by atoms with E-state index in [0.717, 1.165) is 18.3 Å². The molecule has 0 aliphatic heterocycles. The zero-order valence-corrected chi connectivity index (χ0v) is 11.5. The molecule has 104 valence electrons. The summed E-state index contributed by atoms with van der Waals surface area (Å²) in [5, 5.41) is 3.29. The fraction of sp³-hybridized carbons (Fsp3) is 0.500. The highest BCUT2D eigenvalue weighted by Crippen LogP contribution is 2.27. The van der Waals surface area contributed by atoms with Crippen molar-refractivity contribution in [3.8, 4) is 0 Å². The van der Waals surface area contributed by atoms with Gasteiger partial charge in [0.05, 0.1) is 5.56 Å². The third-order valence-corrected chi connectivity index (χ3v) is 3.72. The minimum Gasteiger partial charge on any atom is -0.399 e. The molecule has 1 aromatic rings. The predicted molar refractivity (Wildman–Crippen MR) is 78.1 cm³/mol. The van der Waals surface area contributed by atoms with Crippen LogP contribution in [0.4, 0.5) is 11.4 Å². The summed E-state index contributed by atoms with van der Waals surface area (Å²) >= 11 is 0. The van der Waals surface area contributed by atoms with Crippen LogP contribution in [0.5, 0.6) is 0 Å². The second-order valence-electron chi connectivity index (χ2n) is 5.30. The molecule has 0 radical (unpaired) electrons. The smallest absolute Gasteiger partial charge is 0.250 e. The van der Waals surface area contributed by atoms with Crippen molar-refractivity contribution >= 4 is 17.3 Å². The van der Waals surface area contributed by atoms with E-state index in [4.69, 9.17) is 11.5 Å². The number of carbonyl (C=O) groups is 1. The third kappa shape index (κ3) is 3.38. The molecule has 1 aliphatic carbocycles. The van der Waals surface area contributed by atoms with Crippen molar-refractivity contribution in [3.63, 3.8) is 0 Å². The van der Waals surface area contributed by atoms with E-state index in [9.17, 15) is 4.79 Å². The van der Waals surface area contributed by atoms with Crippen molar-refractivity contribution < 1.29 is 4.79 Å². The molecule has 0 heterocycles. The Morgan fingerprint density at radius 2 is 2.21 bits per heavy atom. The molecule has 2 rings (SSSR count). The summed E-state index contributed by atoms with van der Waals surface area (Å²) in [5.74, 6) is -0.460. The van der Waals surface area contributed by atoms with Crippen molar-refractivity contribution in [1.82, 2.24) is 4.90 Å². The molecular weight excluding hydrogens is 240 g/mol. The highest BCUT2D eigenvalue weighted by atomic mass is 16.1. The van der Waals surface area contributed by atoms with Crippen LogP contribution < -0.4 is 16.8 Å². The summed E-state index contributed by atoms with van der Waals surface area (Å²) in [6, 6.07) is 6.31. The number of hydrogen-bond acceptors (Lipinski definition) is 4. The van der Waals surface area contributed by atoms with Crippen LogP contribution in [-0.4, -0.2) is 36.5 Å². The molecule has 0 saturated heterocycles. The third-order valence-electron chi connectivity index (χ3n) is 3.72. The van der Waals surface area contributed by atoms with E-state index in [2.05, 4.69) is 24.2 Å². The van der Waals surface area contributed by atoms with E-state index in [-0.39, 0.29) is 0 Å². The molecule has 0 spiro atoms. The summed E-state index contributed by atoms with van der Waals surface area (Å²) < 4.78 is 0. The molecular formula is C14H22N4O. The molecule has 5 N–H and O–H groups in total. The van der Waals surface area contributed by atoms with Gasteiger partial charge < -0.3 is 16.8 Å². The van der Waals surface area contributed by atoms with Crippen molar-refractivity contribution in [2.45, 2.75) is 31.8 Å². The molecule has 0 aromatic heterocycles. The van der Waals surface area contributed by atoms with Crippen molar-refractivity contribution in [1.29, 1.82) is 0 Å². The van der Waals surface area contributed by atoms with Gasteiger partial charge in [-0.1, -0.05) is 0 Å². The number of benzene rings is 1. The summed E-state index contributed by atoms with van der Waals surface area (Å²) in [6.07, 6.45) is 2.57. The Morgan fingerprint density at radius 3 is 2.79 bits per heavy atom. The Labute approximate surface area is 113 Å². The molecule has 1 atom stereocenters. The van der Waals surface area contributed by atoms with Gasteiger partial charge in [0, 0.05) is 30.0 Å². The first kappa shape index (κ1) is 13.7. The zero-order valence-electron chi connectivity index (χ0n) is 11.5. The second kappa shape index (κ2) is 5.48. The van der Waals surface area contributed by atoms with Crippen molar-refractivity contribution in [2.24, 2.45) is 5.73 Å². The Kier molecular flexibility index (Phi) is 3.95. The van der Waals surface area contributed by atoms with E-state index in [1.54, 1.807) is 18.2 Å². The molecule has 5 nitrogen and oxygen atoms in total. The van der Waals surface area contributed by atoms with Gasteiger partial charge in [-0.3, -0.25) is 9.69 Å². The molecule has 1 amide bonds. The van der Waals surface area contributed by atoms with Gasteiger partial charge in [-0.25, -0.2) is 0 Å². The van der Waals surface area contributed by atoms with Crippen molar-refractivity contribution in [3.05, 3.63) is 23.8 Å². The van der Waals surface area contributed by atoms with Crippen molar-refractivity contribution in [2.75, 3.05) is 24.6 Å². The highest BCUT2D eigenvalue weighted by molar-refractivity contribution is 5.99. The Balaban J connectivity index is 2.00. The minimum atomic E-state index is -0.460. The first-order chi connectivity index (χ1) is 8.99. The van der Waals surface area contributed by atoms with Crippen LogP contribution in [0.3, 0.4) is 0 Å². The predicted octanol–water partition coefficient (Wildman–Crippen LogP) is 1.26. The SMILES string of the molecule is CC(CNc1ccc(N)cc1C(N)=O)N(C)C1CC1. The largest absolute Gasteiger partial charge is 0.399 e. The van der Waals surface area contributed by atoms with E-state index in [0.29, 0.717) is 17.3 Å². The average molecular weight is 262 g/mol. The van der Waals surface area contributed by atoms with Gasteiger partial charge in [0.25, 0.3) is 5.91 Å². The van der Waals surface area contributed by atoms with Gasteiger partial charge >= 0.3 is 0 Å². The first-order valence-corrected chi connectivity index (χ1v) is 6.64. The van der Waals surface area contributed by atoms with Crippen LogP contribution in [0, 0.1) is 0 Å². The van der Waals surface area contributed by atoms with Crippen LogP contribution in [0.15, 0.2) is 18.2 Å². The summed E-state index contributed by atoms with van der Waals surface area (Å²) in [5.41, 5.74) is 12.8. The summed E-state index contributed by atoms with van der Waals surface area (Å²) in [7, 11) is 2.14. The maximum absolute atomic E-state index is 11.4. The van der Waals surface area contributed by atoms with Crippen LogP contribution in [-0.2, 0) is 0 Å². The average Bonchev–Trinajstić information content (AvgIpc) is 3.20. The lowest BCUT2D eigenvalue weighted by Gasteiger charge is -2.25. The normalized spacial score (nSPS) is 16.4. The number of carbonyl (C=O) groups excluding carboxylic acids is 1. The summed E-state index contributed by atoms with van der Waals surface area (Å²) in [6.45, 7) is 2.95. The summed E-state index contributed by atoms with van der Waals surface area (Å²) in [4.78, 5) is 13.8. The van der Waals surface area contributed by atoms with Crippen LogP contribution in [0.2, 0.25) is 0 Å². The number of rotatable bonds is 6. The highest BCUT2D eigenvalue weighted by Gasteiger charge is 2.28. The molecule has 0 bridgehead atoms. The van der Waals surface area contributed by atoms with E-state index in [1.807, 2.05) is 0 Å². The molecule has 19 heavy (non-hydrogen) atoms. The Morgan fingerprint density at radius 1 is 1.53 bits per heavy atom. The monoisotopic (exact) mass is 262 g/mol. The van der Waals surface area contributed by atoms with Crippen LogP contribution in [0.1, 0.15) is 30.1 Å². The maximum atomic E-state index is 11.4. The quantitative estimate of drug-likeness (QED) is 0.674. The number of nitrogens with two attached hydrogens (primary N) is 2. The second-order valence-corrected chi connectivity index (χ2v) is 5.30. The maximum Gasteiger partial charge on any atom is 0.250 e. The minimum absolute atomic E-state index is 0.408. The fourth-order valence-corrected chi connectivity index (χ4v) is 2.16. The standard InChI is InChI=1S/C14H22N4O/c1-9(18(2)11-4-5-11)8-17-13-6-3-10(15)7-12(13)14(16)19/h3,6-7,9,11,17H,4-5,8,15H2,1-2H3,(H2,16,19). The molecule has 1 aliphatic rings. The number of primary amides is 1. The Bertz CT molecular complexity index is 471. The molecule has 1 saturated carbocycles. The number of nitrogen functional groups attached to an aromatic ring is 1. The molecule has 1 unspecified atom stereocenters. The zero-order chi connectivity index (χ0) is 14.0. The topological polar surface area (TPSA) is 84.4 Å². The fourth-order valence-electron chi connectivity index (χ4n) is 2.16. The number of amides is 1. The number of nitrogens with zero attached hydrogens (tertiary/aromatic N) is 1. The van der Waals surface area contributed by atoms with Gasteiger partial charge in [-0.15, -0.1) is 0 Å². The number of nitrogens with one attached hydrogen (secondary N) is 1. The van der Waals surface area contributed by atoms with Gasteiger partial charge in [0.15, 0.2) is 0 Å². The number of likely N-dealkylation sites (N-methyl/N-ethyl adjacent to an activating group) is 1. The van der Waals surface area contributed by atoms with Gasteiger partial charge in [-0.05, 0) is 45.0 Å². The lowest BCUT2D eigenvalue weighted by atomic mass is 10.1. The van der Waals surface area contributed by atoms with Crippen LogP contribution in [0.25, 0.3) is 0 Å². The van der Waals surface area contributed by atoms with E-state index >= 15 is 0 Å². The van der Waals surface area contributed by atoms with E-state index < -0.39 is 5.91 Å². The van der Waals surface area contributed by atoms with Gasteiger partial charge in [-0.2, -0.15) is 0 Å². The number of hydrogen-bond donors (Lipinski definition) is 3. The lowest BCUT2D eigenvalue weighted by Crippen LogP contribution is -2.36.